The highest BCUT2D eigenvalue weighted by Gasteiger charge is 2.31. The Hall–Kier alpha value is -3.09. The van der Waals surface area contributed by atoms with E-state index in [4.69, 9.17) is 21.1 Å². The van der Waals surface area contributed by atoms with Crippen molar-refractivity contribution in [3.05, 3.63) is 104 Å². The number of pyridine rings is 1. The molecule has 6 rings (SSSR count). The molecule has 1 amide bonds. The van der Waals surface area contributed by atoms with E-state index in [1.165, 1.54) is 0 Å². The maximum Gasteiger partial charge on any atom is 0.257 e. The summed E-state index contributed by atoms with van der Waals surface area (Å²) in [5.74, 6) is -0.404. The first-order valence-electron chi connectivity index (χ1n) is 15.0. The summed E-state index contributed by atoms with van der Waals surface area (Å²) in [7, 11) is 0. The number of morpholine rings is 2. The molecule has 2 aromatic carbocycles. The van der Waals surface area contributed by atoms with Gasteiger partial charge in [-0.05, 0) is 29.3 Å². The lowest BCUT2D eigenvalue weighted by atomic mass is 10.0. The molecule has 2 fully saturated rings. The van der Waals surface area contributed by atoms with Crippen LogP contribution in [0.5, 0.6) is 0 Å². The molecule has 0 saturated carbocycles. The van der Waals surface area contributed by atoms with E-state index < -0.39 is 12.0 Å². The highest BCUT2D eigenvalue weighted by Crippen LogP contribution is 2.29. The Kier molecular flexibility index (Phi) is 10.1. The number of fused-ring (bicyclic) bond motifs is 1. The number of carbonyl (C=O) groups is 1. The first kappa shape index (κ1) is 30.9. The van der Waals surface area contributed by atoms with Crippen molar-refractivity contribution >= 4 is 39.1 Å². The molecule has 232 valence electrons. The number of carbonyl (C=O) groups excluding carboxylic acids is 1. The average molecular weight is 637 g/mol. The van der Waals surface area contributed by atoms with Crippen LogP contribution in [0.1, 0.15) is 32.5 Å². The molecule has 2 aliphatic rings. The molecule has 2 saturated heterocycles. The number of nitrogens with zero attached hydrogens (tertiary/aromatic N) is 3. The number of aromatic nitrogens is 1. The summed E-state index contributed by atoms with van der Waals surface area (Å²) < 4.78 is 13.3. The van der Waals surface area contributed by atoms with Crippen molar-refractivity contribution in [1.82, 2.24) is 19.7 Å². The summed E-state index contributed by atoms with van der Waals surface area (Å²) in [5, 5.41) is 15.3. The maximum atomic E-state index is 13.8. The largest absolute Gasteiger partial charge is 0.387 e. The van der Waals surface area contributed by atoms with Crippen molar-refractivity contribution in [2.75, 3.05) is 52.6 Å². The quantitative estimate of drug-likeness (QED) is 0.273. The Morgan fingerprint density at radius 2 is 1.77 bits per heavy atom. The Balaban J connectivity index is 1.27. The second kappa shape index (κ2) is 14.3. The van der Waals surface area contributed by atoms with Crippen molar-refractivity contribution < 1.29 is 19.4 Å². The Morgan fingerprint density at radius 1 is 1.02 bits per heavy atom. The Labute approximate surface area is 265 Å². The van der Waals surface area contributed by atoms with Gasteiger partial charge in [0.15, 0.2) is 0 Å². The fourth-order valence-electron chi connectivity index (χ4n) is 5.80. The van der Waals surface area contributed by atoms with Crippen LogP contribution in [0.2, 0.25) is 5.02 Å². The number of amides is 1. The number of hydrogen-bond donors (Lipinski definition) is 2. The monoisotopic (exact) mass is 636 g/mol. The minimum absolute atomic E-state index is 0.126. The number of aliphatic hydroxyl groups excluding tert-OH is 1. The first-order chi connectivity index (χ1) is 21.5. The number of halogens is 1. The molecule has 0 spiro atoms. The zero-order chi connectivity index (χ0) is 30.5. The molecule has 2 aliphatic heterocycles. The van der Waals surface area contributed by atoms with Crippen molar-refractivity contribution in [2.45, 2.75) is 31.8 Å². The van der Waals surface area contributed by atoms with Crippen molar-refractivity contribution in [3.8, 4) is 0 Å². The van der Waals surface area contributed by atoms with Gasteiger partial charge in [0.05, 0.1) is 44.0 Å². The summed E-state index contributed by atoms with van der Waals surface area (Å²) in [6.07, 6.45) is 1.01. The fourth-order valence-corrected chi connectivity index (χ4v) is 7.11. The topological polar surface area (TPSA) is 96.3 Å². The van der Waals surface area contributed by atoms with E-state index in [9.17, 15) is 14.7 Å². The highest BCUT2D eigenvalue weighted by atomic mass is 35.5. The van der Waals surface area contributed by atoms with Gasteiger partial charge < -0.3 is 24.5 Å². The highest BCUT2D eigenvalue weighted by molar-refractivity contribution is 7.18. The second-order valence-electron chi connectivity index (χ2n) is 11.2. The van der Waals surface area contributed by atoms with Gasteiger partial charge in [-0.2, -0.15) is 0 Å². The maximum absolute atomic E-state index is 13.8. The number of nitrogens with one attached hydrogen (secondary N) is 1. The number of rotatable bonds is 10. The third kappa shape index (κ3) is 7.24. The second-order valence-corrected chi connectivity index (χ2v) is 12.8. The molecule has 2 N–H and O–H groups in total. The number of aliphatic hydroxyl groups is 1. The summed E-state index contributed by atoms with van der Waals surface area (Å²) in [5.41, 5.74) is 1.59. The molecular formula is C33H37ClN4O5S. The van der Waals surface area contributed by atoms with E-state index >= 15 is 0 Å². The van der Waals surface area contributed by atoms with Crippen LogP contribution in [0.25, 0.3) is 10.2 Å². The van der Waals surface area contributed by atoms with E-state index in [0.29, 0.717) is 56.5 Å². The average Bonchev–Trinajstić information content (AvgIpc) is 3.49. The third-order valence-corrected chi connectivity index (χ3v) is 9.72. The molecule has 44 heavy (non-hydrogen) atoms. The lowest BCUT2D eigenvalue weighted by Gasteiger charge is -2.38. The molecule has 4 aromatic rings. The smallest absolute Gasteiger partial charge is 0.257 e. The predicted octanol–water partition coefficient (Wildman–Crippen LogP) is 3.91. The van der Waals surface area contributed by atoms with Gasteiger partial charge in [-0.3, -0.25) is 19.4 Å². The molecule has 2 aromatic heterocycles. The lowest BCUT2D eigenvalue weighted by Crippen LogP contribution is -2.48. The normalized spacial score (nSPS) is 18.8. The van der Waals surface area contributed by atoms with Crippen molar-refractivity contribution in [3.63, 3.8) is 0 Å². The molecule has 0 aliphatic carbocycles. The van der Waals surface area contributed by atoms with Gasteiger partial charge in [-0.1, -0.05) is 54.1 Å². The molecule has 0 unspecified atom stereocenters. The molecular weight excluding hydrogens is 600 g/mol. The van der Waals surface area contributed by atoms with Crippen LogP contribution in [0.15, 0.2) is 71.7 Å². The molecule has 9 nitrogen and oxygen atoms in total. The summed E-state index contributed by atoms with van der Waals surface area (Å²) in [6.45, 7) is 7.08. The number of thiophene rings is 1. The zero-order valence-electron chi connectivity index (χ0n) is 24.5. The van der Waals surface area contributed by atoms with E-state index in [1.54, 1.807) is 29.7 Å². The van der Waals surface area contributed by atoms with Gasteiger partial charge in [0.1, 0.15) is 10.4 Å². The lowest BCUT2D eigenvalue weighted by molar-refractivity contribution is -0.0629. The van der Waals surface area contributed by atoms with Gasteiger partial charge in [-0.15, -0.1) is 11.3 Å². The molecule has 0 bridgehead atoms. The predicted molar refractivity (Wildman–Crippen MR) is 172 cm³/mol. The van der Waals surface area contributed by atoms with Crippen molar-refractivity contribution in [2.24, 2.45) is 0 Å². The van der Waals surface area contributed by atoms with E-state index in [-0.39, 0.29) is 23.6 Å². The summed E-state index contributed by atoms with van der Waals surface area (Å²) >= 11 is 7.57. The fraction of sp³-hybridized carbons (Fsp3) is 0.394. The van der Waals surface area contributed by atoms with Gasteiger partial charge in [-0.25, -0.2) is 0 Å². The van der Waals surface area contributed by atoms with Crippen LogP contribution in [0.3, 0.4) is 0 Å². The van der Waals surface area contributed by atoms with E-state index in [0.717, 1.165) is 40.5 Å². The van der Waals surface area contributed by atoms with Gasteiger partial charge in [0.25, 0.3) is 5.91 Å². The third-order valence-electron chi connectivity index (χ3n) is 8.32. The van der Waals surface area contributed by atoms with Crippen molar-refractivity contribution in [1.29, 1.82) is 0 Å². The zero-order valence-corrected chi connectivity index (χ0v) is 26.1. The van der Waals surface area contributed by atoms with Crippen LogP contribution in [-0.4, -0.2) is 84.0 Å². The standard InChI is InChI=1S/C33H37ClN4O5S/c34-25-8-6-23(7-9-25)19-35-32(41)28-21-38(11-10-36-12-15-42-16-13-36)33-27(31(28)40)18-26(44-33)20-37-14-17-43-22-29(37)30(39)24-4-2-1-3-5-24/h1-9,18,21,29-30,39H,10-17,19-20,22H2,(H,35,41)/t29-,30+/m1/s1. The van der Waals surface area contributed by atoms with Crippen LogP contribution in [0, 0.1) is 0 Å². The Bertz CT molecular complexity index is 1620. The van der Waals surface area contributed by atoms with Crippen LogP contribution < -0.4 is 10.7 Å². The number of ether oxygens (including phenoxy) is 2. The van der Waals surface area contributed by atoms with Gasteiger partial charge in [0.2, 0.25) is 5.43 Å². The van der Waals surface area contributed by atoms with E-state index in [2.05, 4.69) is 15.1 Å². The molecule has 4 heterocycles. The van der Waals surface area contributed by atoms with E-state index in [1.807, 2.05) is 53.1 Å². The Morgan fingerprint density at radius 3 is 2.55 bits per heavy atom. The molecule has 2 atom stereocenters. The number of hydrogen-bond acceptors (Lipinski definition) is 8. The minimum Gasteiger partial charge on any atom is -0.387 e. The first-order valence-corrected chi connectivity index (χ1v) is 16.2. The molecule has 0 radical (unpaired) electrons. The minimum atomic E-state index is -0.699. The van der Waals surface area contributed by atoms with Gasteiger partial charge in [0, 0.05) is 61.9 Å². The van der Waals surface area contributed by atoms with Gasteiger partial charge >= 0.3 is 0 Å². The SMILES string of the molecule is O=C(NCc1ccc(Cl)cc1)c1cn(CCN2CCOCC2)c2sc(CN3CCOC[C@@H]3[C@@H](O)c3ccccc3)cc2c1=O. The van der Waals surface area contributed by atoms with Crippen LogP contribution in [-0.2, 0) is 29.1 Å². The molecule has 11 heteroatoms. The summed E-state index contributed by atoms with van der Waals surface area (Å²) in [4.78, 5) is 33.5. The summed E-state index contributed by atoms with van der Waals surface area (Å²) in [6, 6.07) is 18.6. The van der Waals surface area contributed by atoms with Crippen LogP contribution >= 0.6 is 22.9 Å². The van der Waals surface area contributed by atoms with Crippen LogP contribution in [0.4, 0.5) is 0 Å². The number of benzene rings is 2.